The standard InChI is InChI=1S/C16H33NO3/c1-16(2,13-19-12-6-11-17(3)4)20-15-9-7-14(18-5)8-10-15/h14-15H,6-13H2,1-5H3. The maximum absolute atomic E-state index is 6.21. The van der Waals surface area contributed by atoms with Gasteiger partial charge in [0.05, 0.1) is 24.4 Å². The third-order valence-corrected chi connectivity index (χ3v) is 3.78. The first-order valence-corrected chi connectivity index (χ1v) is 7.86. The number of hydrogen-bond donors (Lipinski definition) is 0. The molecule has 0 spiro atoms. The largest absolute Gasteiger partial charge is 0.381 e. The molecular weight excluding hydrogens is 254 g/mol. The van der Waals surface area contributed by atoms with Gasteiger partial charge >= 0.3 is 0 Å². The maximum Gasteiger partial charge on any atom is 0.0862 e. The molecule has 4 heteroatoms. The molecule has 120 valence electrons. The highest BCUT2D eigenvalue weighted by Gasteiger charge is 2.28. The minimum atomic E-state index is -0.192. The van der Waals surface area contributed by atoms with Crippen molar-refractivity contribution in [1.82, 2.24) is 4.90 Å². The monoisotopic (exact) mass is 287 g/mol. The summed E-state index contributed by atoms with van der Waals surface area (Å²) in [5, 5.41) is 0. The minimum Gasteiger partial charge on any atom is -0.381 e. The van der Waals surface area contributed by atoms with Gasteiger partial charge in [0.15, 0.2) is 0 Å². The van der Waals surface area contributed by atoms with E-state index in [2.05, 4.69) is 32.8 Å². The van der Waals surface area contributed by atoms with Crippen molar-refractivity contribution in [2.24, 2.45) is 0 Å². The minimum absolute atomic E-state index is 0.192. The van der Waals surface area contributed by atoms with Gasteiger partial charge in [-0.25, -0.2) is 0 Å². The third kappa shape index (κ3) is 7.58. The fourth-order valence-electron chi connectivity index (χ4n) is 2.67. The highest BCUT2D eigenvalue weighted by atomic mass is 16.5. The normalized spacial score (nSPS) is 24.3. The van der Waals surface area contributed by atoms with Crippen molar-refractivity contribution < 1.29 is 14.2 Å². The highest BCUT2D eigenvalue weighted by Crippen LogP contribution is 2.26. The average molecular weight is 287 g/mol. The molecule has 0 radical (unpaired) electrons. The summed E-state index contributed by atoms with van der Waals surface area (Å²) in [6.07, 6.45) is 6.29. The molecule has 1 saturated carbocycles. The van der Waals surface area contributed by atoms with E-state index in [1.165, 1.54) is 0 Å². The zero-order valence-electron chi connectivity index (χ0n) is 14.0. The molecular formula is C16H33NO3. The van der Waals surface area contributed by atoms with Crippen LogP contribution in [-0.2, 0) is 14.2 Å². The molecule has 0 aromatic heterocycles. The number of nitrogens with zero attached hydrogens (tertiary/aromatic N) is 1. The lowest BCUT2D eigenvalue weighted by molar-refractivity contribution is -0.129. The summed E-state index contributed by atoms with van der Waals surface area (Å²) in [5.41, 5.74) is -0.192. The topological polar surface area (TPSA) is 30.9 Å². The molecule has 1 aliphatic carbocycles. The lowest BCUT2D eigenvalue weighted by Gasteiger charge is -2.34. The van der Waals surface area contributed by atoms with Crippen molar-refractivity contribution in [2.75, 3.05) is 41.0 Å². The van der Waals surface area contributed by atoms with Crippen molar-refractivity contribution >= 4 is 0 Å². The summed E-state index contributed by atoms with van der Waals surface area (Å²) in [6, 6.07) is 0. The Morgan fingerprint density at radius 3 is 2.20 bits per heavy atom. The first-order valence-electron chi connectivity index (χ1n) is 7.86. The van der Waals surface area contributed by atoms with Crippen LogP contribution in [0.1, 0.15) is 46.0 Å². The van der Waals surface area contributed by atoms with Crippen molar-refractivity contribution in [3.63, 3.8) is 0 Å². The van der Waals surface area contributed by atoms with Gasteiger partial charge in [-0.2, -0.15) is 0 Å². The van der Waals surface area contributed by atoms with Crippen LogP contribution in [0.2, 0.25) is 0 Å². The van der Waals surface area contributed by atoms with Crippen LogP contribution >= 0.6 is 0 Å². The SMILES string of the molecule is COC1CCC(OC(C)(C)COCCCN(C)C)CC1. The second kappa shape index (κ2) is 8.98. The van der Waals surface area contributed by atoms with Crippen molar-refractivity contribution in [2.45, 2.75) is 63.8 Å². The van der Waals surface area contributed by atoms with Crippen molar-refractivity contribution in [3.8, 4) is 0 Å². The van der Waals surface area contributed by atoms with Gasteiger partial charge in [0.25, 0.3) is 0 Å². The molecule has 1 aliphatic rings. The summed E-state index contributed by atoms with van der Waals surface area (Å²) >= 11 is 0. The smallest absolute Gasteiger partial charge is 0.0862 e. The predicted octanol–water partition coefficient (Wildman–Crippen LogP) is 2.71. The van der Waals surface area contributed by atoms with Crippen LogP contribution in [0.25, 0.3) is 0 Å². The molecule has 0 amide bonds. The first kappa shape index (κ1) is 17.9. The van der Waals surface area contributed by atoms with Gasteiger partial charge in [0, 0.05) is 13.7 Å². The Labute approximate surface area is 124 Å². The Kier molecular flexibility index (Phi) is 8.03. The molecule has 0 aromatic rings. The predicted molar refractivity (Wildman–Crippen MR) is 82.2 cm³/mol. The number of rotatable bonds is 9. The molecule has 0 aliphatic heterocycles. The molecule has 0 bridgehead atoms. The molecule has 0 saturated heterocycles. The zero-order valence-corrected chi connectivity index (χ0v) is 14.0. The zero-order chi connectivity index (χ0) is 15.0. The molecule has 0 N–H and O–H groups in total. The summed E-state index contributed by atoms with van der Waals surface area (Å²) in [4.78, 5) is 2.18. The van der Waals surface area contributed by atoms with Crippen LogP contribution in [0, 0.1) is 0 Å². The molecule has 0 atom stereocenters. The van der Waals surface area contributed by atoms with Gasteiger partial charge in [-0.1, -0.05) is 0 Å². The van der Waals surface area contributed by atoms with Gasteiger partial charge < -0.3 is 19.1 Å². The van der Waals surface area contributed by atoms with E-state index in [0.717, 1.165) is 45.3 Å². The summed E-state index contributed by atoms with van der Waals surface area (Å²) < 4.78 is 17.4. The Morgan fingerprint density at radius 2 is 1.65 bits per heavy atom. The van der Waals surface area contributed by atoms with E-state index in [1.807, 2.05) is 0 Å². The molecule has 1 fully saturated rings. The van der Waals surface area contributed by atoms with E-state index in [9.17, 15) is 0 Å². The van der Waals surface area contributed by atoms with Crippen LogP contribution in [0.5, 0.6) is 0 Å². The van der Waals surface area contributed by atoms with Crippen molar-refractivity contribution in [1.29, 1.82) is 0 Å². The summed E-state index contributed by atoms with van der Waals surface area (Å²) in [6.45, 7) is 6.80. The third-order valence-electron chi connectivity index (χ3n) is 3.78. The lowest BCUT2D eigenvalue weighted by Crippen LogP contribution is -2.38. The second-order valence-electron chi connectivity index (χ2n) is 6.72. The Morgan fingerprint density at radius 1 is 1.05 bits per heavy atom. The van der Waals surface area contributed by atoms with Gasteiger partial charge in [0.2, 0.25) is 0 Å². The van der Waals surface area contributed by atoms with Gasteiger partial charge in [-0.15, -0.1) is 0 Å². The van der Waals surface area contributed by atoms with E-state index in [-0.39, 0.29) is 5.60 Å². The summed E-state index contributed by atoms with van der Waals surface area (Å²) in [5.74, 6) is 0. The number of hydrogen-bond acceptors (Lipinski definition) is 4. The van der Waals surface area contributed by atoms with Gasteiger partial charge in [-0.05, 0) is 66.6 Å². The lowest BCUT2D eigenvalue weighted by atomic mass is 9.94. The fourth-order valence-corrected chi connectivity index (χ4v) is 2.67. The second-order valence-corrected chi connectivity index (χ2v) is 6.72. The van der Waals surface area contributed by atoms with Crippen LogP contribution in [0.3, 0.4) is 0 Å². The fraction of sp³-hybridized carbons (Fsp3) is 1.00. The van der Waals surface area contributed by atoms with E-state index in [4.69, 9.17) is 14.2 Å². The molecule has 1 rings (SSSR count). The van der Waals surface area contributed by atoms with Crippen LogP contribution in [0.15, 0.2) is 0 Å². The maximum atomic E-state index is 6.21. The Balaban J connectivity index is 2.14. The van der Waals surface area contributed by atoms with E-state index in [1.54, 1.807) is 7.11 Å². The summed E-state index contributed by atoms with van der Waals surface area (Å²) in [7, 11) is 5.98. The quantitative estimate of drug-likeness (QED) is 0.610. The van der Waals surface area contributed by atoms with Crippen LogP contribution < -0.4 is 0 Å². The molecule has 0 unspecified atom stereocenters. The van der Waals surface area contributed by atoms with Crippen molar-refractivity contribution in [3.05, 3.63) is 0 Å². The van der Waals surface area contributed by atoms with E-state index < -0.39 is 0 Å². The van der Waals surface area contributed by atoms with E-state index in [0.29, 0.717) is 18.8 Å². The van der Waals surface area contributed by atoms with Gasteiger partial charge in [-0.3, -0.25) is 0 Å². The first-order chi connectivity index (χ1) is 9.43. The van der Waals surface area contributed by atoms with E-state index >= 15 is 0 Å². The Hall–Kier alpha value is -0.160. The molecule has 0 heterocycles. The average Bonchev–Trinajstić information content (AvgIpc) is 2.38. The molecule has 20 heavy (non-hydrogen) atoms. The number of methoxy groups -OCH3 is 1. The number of ether oxygens (including phenoxy) is 3. The van der Waals surface area contributed by atoms with Crippen LogP contribution in [-0.4, -0.2) is 63.7 Å². The highest BCUT2D eigenvalue weighted by molar-refractivity contribution is 4.77. The van der Waals surface area contributed by atoms with Crippen LogP contribution in [0.4, 0.5) is 0 Å². The Bertz CT molecular complexity index is 248. The molecule has 0 aromatic carbocycles. The molecule has 4 nitrogen and oxygen atoms in total. The van der Waals surface area contributed by atoms with Gasteiger partial charge in [0.1, 0.15) is 0 Å².